The maximum Gasteiger partial charge on any atom is 0.293 e. The van der Waals surface area contributed by atoms with Crippen LogP contribution in [0.2, 0.25) is 0 Å². The Kier molecular flexibility index (Phi) is 6.60. The molecule has 0 fully saturated rings. The second kappa shape index (κ2) is 7.35. The summed E-state index contributed by atoms with van der Waals surface area (Å²) in [6, 6.07) is 7.87. The summed E-state index contributed by atoms with van der Waals surface area (Å²) in [7, 11) is 0. The van der Waals surface area contributed by atoms with Crippen molar-refractivity contribution < 1.29 is 9.53 Å². The van der Waals surface area contributed by atoms with Crippen molar-refractivity contribution in [2.75, 3.05) is 0 Å². The van der Waals surface area contributed by atoms with Crippen LogP contribution in [0, 0.1) is 6.92 Å². The van der Waals surface area contributed by atoms with Gasteiger partial charge in [0, 0.05) is 0 Å². The molecule has 2 heteroatoms. The molecule has 0 aliphatic rings. The summed E-state index contributed by atoms with van der Waals surface area (Å²) in [6.45, 7) is 6.84. The van der Waals surface area contributed by atoms with Crippen molar-refractivity contribution in [2.24, 2.45) is 0 Å². The van der Waals surface area contributed by atoms with Crippen LogP contribution in [-0.2, 0) is 16.1 Å². The summed E-state index contributed by atoms with van der Waals surface area (Å²) < 4.78 is 4.58. The third-order valence-corrected chi connectivity index (χ3v) is 1.44. The SMILES string of the molecule is CC.Cc1ccc(COC=O)cc1. The number of rotatable bonds is 3. The lowest BCUT2D eigenvalue weighted by Crippen LogP contribution is -1.89. The van der Waals surface area contributed by atoms with E-state index in [4.69, 9.17) is 0 Å². The topological polar surface area (TPSA) is 26.3 Å². The van der Waals surface area contributed by atoms with Crippen molar-refractivity contribution in [1.82, 2.24) is 0 Å². The van der Waals surface area contributed by atoms with Gasteiger partial charge in [0.1, 0.15) is 6.61 Å². The van der Waals surface area contributed by atoms with Crippen LogP contribution in [0.3, 0.4) is 0 Å². The molecule has 0 bridgehead atoms. The van der Waals surface area contributed by atoms with Gasteiger partial charge in [-0.3, -0.25) is 4.79 Å². The summed E-state index contributed by atoms with van der Waals surface area (Å²) in [4.78, 5) is 9.82. The quantitative estimate of drug-likeness (QED) is 0.668. The van der Waals surface area contributed by atoms with Crippen molar-refractivity contribution in [2.45, 2.75) is 27.4 Å². The van der Waals surface area contributed by atoms with Crippen LogP contribution in [-0.4, -0.2) is 6.47 Å². The molecule has 0 aliphatic heterocycles. The largest absolute Gasteiger partial charge is 0.463 e. The molecular weight excluding hydrogens is 164 g/mol. The summed E-state index contributed by atoms with van der Waals surface area (Å²) in [5.74, 6) is 0. The molecule has 0 spiro atoms. The van der Waals surface area contributed by atoms with Crippen molar-refractivity contribution in [3.8, 4) is 0 Å². The number of carbonyl (C=O) groups is 1. The number of ether oxygens (including phenoxy) is 1. The van der Waals surface area contributed by atoms with E-state index in [0.717, 1.165) is 5.56 Å². The van der Waals surface area contributed by atoms with Crippen LogP contribution in [0.1, 0.15) is 25.0 Å². The molecule has 0 saturated carbocycles. The van der Waals surface area contributed by atoms with Gasteiger partial charge < -0.3 is 4.74 Å². The van der Waals surface area contributed by atoms with Crippen LogP contribution in [0.4, 0.5) is 0 Å². The smallest absolute Gasteiger partial charge is 0.293 e. The Morgan fingerprint density at radius 1 is 1.23 bits per heavy atom. The number of hydrogen-bond acceptors (Lipinski definition) is 2. The third-order valence-electron chi connectivity index (χ3n) is 1.44. The highest BCUT2D eigenvalue weighted by Crippen LogP contribution is 2.03. The fourth-order valence-electron chi connectivity index (χ4n) is 0.815. The first-order chi connectivity index (χ1) is 6.33. The molecule has 0 aromatic heterocycles. The van der Waals surface area contributed by atoms with Crippen LogP contribution in [0.5, 0.6) is 0 Å². The van der Waals surface area contributed by atoms with E-state index in [1.54, 1.807) is 0 Å². The van der Waals surface area contributed by atoms with Gasteiger partial charge in [-0.2, -0.15) is 0 Å². The Morgan fingerprint density at radius 2 is 1.77 bits per heavy atom. The second-order valence-corrected chi connectivity index (χ2v) is 2.39. The summed E-state index contributed by atoms with van der Waals surface area (Å²) in [5, 5.41) is 0. The Morgan fingerprint density at radius 3 is 2.23 bits per heavy atom. The number of aryl methyl sites for hydroxylation is 1. The lowest BCUT2D eigenvalue weighted by Gasteiger charge is -1.98. The lowest BCUT2D eigenvalue weighted by atomic mass is 10.2. The van der Waals surface area contributed by atoms with Gasteiger partial charge in [0.05, 0.1) is 0 Å². The molecule has 72 valence electrons. The second-order valence-electron chi connectivity index (χ2n) is 2.39. The van der Waals surface area contributed by atoms with Crippen molar-refractivity contribution in [3.63, 3.8) is 0 Å². The van der Waals surface area contributed by atoms with Crippen LogP contribution in [0.15, 0.2) is 24.3 Å². The molecule has 2 nitrogen and oxygen atoms in total. The molecule has 1 rings (SSSR count). The lowest BCUT2D eigenvalue weighted by molar-refractivity contribution is -0.129. The number of hydrogen-bond donors (Lipinski definition) is 0. The molecule has 1 aromatic carbocycles. The average molecular weight is 180 g/mol. The first kappa shape index (κ1) is 11.7. The maximum atomic E-state index is 9.82. The molecule has 0 unspecified atom stereocenters. The maximum absolute atomic E-state index is 9.82. The van der Waals surface area contributed by atoms with Gasteiger partial charge in [0.2, 0.25) is 0 Å². The van der Waals surface area contributed by atoms with E-state index in [2.05, 4.69) is 4.74 Å². The summed E-state index contributed by atoms with van der Waals surface area (Å²) >= 11 is 0. The Bertz CT molecular complexity index is 226. The van der Waals surface area contributed by atoms with Gasteiger partial charge in [0.15, 0.2) is 0 Å². The molecular formula is C11H16O2. The molecule has 0 radical (unpaired) electrons. The van der Waals surface area contributed by atoms with E-state index in [9.17, 15) is 4.79 Å². The molecule has 0 atom stereocenters. The number of carbonyl (C=O) groups excluding carboxylic acids is 1. The first-order valence-electron chi connectivity index (χ1n) is 4.44. The molecule has 13 heavy (non-hydrogen) atoms. The summed E-state index contributed by atoms with van der Waals surface area (Å²) in [6.07, 6.45) is 0. The molecule has 0 amide bonds. The minimum absolute atomic E-state index is 0.365. The molecule has 1 aromatic rings. The minimum atomic E-state index is 0.365. The van der Waals surface area contributed by atoms with Crippen molar-refractivity contribution >= 4 is 6.47 Å². The molecule has 0 saturated heterocycles. The Balaban J connectivity index is 0.000000671. The fraction of sp³-hybridized carbons (Fsp3) is 0.364. The third kappa shape index (κ3) is 5.01. The normalized spacial score (nSPS) is 8.23. The standard InChI is InChI=1S/C9H10O2.C2H6/c1-8-2-4-9(5-3-8)6-11-7-10;1-2/h2-5,7H,6H2,1H3;1-2H3. The van der Waals surface area contributed by atoms with Crippen molar-refractivity contribution in [1.29, 1.82) is 0 Å². The molecule has 0 N–H and O–H groups in total. The van der Waals surface area contributed by atoms with E-state index in [0.29, 0.717) is 13.1 Å². The van der Waals surface area contributed by atoms with Gasteiger partial charge >= 0.3 is 0 Å². The Labute approximate surface area is 79.5 Å². The van der Waals surface area contributed by atoms with E-state index >= 15 is 0 Å². The predicted molar refractivity (Wildman–Crippen MR) is 53.4 cm³/mol. The van der Waals surface area contributed by atoms with E-state index in [1.807, 2.05) is 45.0 Å². The molecule has 0 aliphatic carbocycles. The highest BCUT2D eigenvalue weighted by atomic mass is 16.5. The van der Waals surface area contributed by atoms with Gasteiger partial charge in [-0.05, 0) is 12.5 Å². The van der Waals surface area contributed by atoms with Gasteiger partial charge in [-0.25, -0.2) is 0 Å². The van der Waals surface area contributed by atoms with Crippen LogP contribution < -0.4 is 0 Å². The van der Waals surface area contributed by atoms with E-state index in [-0.39, 0.29) is 0 Å². The molecule has 0 heterocycles. The monoisotopic (exact) mass is 180 g/mol. The van der Waals surface area contributed by atoms with E-state index < -0.39 is 0 Å². The predicted octanol–water partition coefficient (Wildman–Crippen LogP) is 2.69. The zero-order valence-corrected chi connectivity index (χ0v) is 8.41. The minimum Gasteiger partial charge on any atom is -0.463 e. The average Bonchev–Trinajstić information content (AvgIpc) is 2.20. The van der Waals surface area contributed by atoms with Gasteiger partial charge in [-0.1, -0.05) is 43.7 Å². The Hall–Kier alpha value is -1.31. The zero-order valence-electron chi connectivity index (χ0n) is 8.41. The fourth-order valence-corrected chi connectivity index (χ4v) is 0.815. The van der Waals surface area contributed by atoms with Gasteiger partial charge in [-0.15, -0.1) is 0 Å². The summed E-state index contributed by atoms with van der Waals surface area (Å²) in [5.41, 5.74) is 2.22. The van der Waals surface area contributed by atoms with Crippen LogP contribution in [0.25, 0.3) is 0 Å². The highest BCUT2D eigenvalue weighted by Gasteiger charge is 1.90. The van der Waals surface area contributed by atoms with Gasteiger partial charge in [0.25, 0.3) is 6.47 Å². The number of benzene rings is 1. The first-order valence-corrected chi connectivity index (χ1v) is 4.44. The van der Waals surface area contributed by atoms with E-state index in [1.165, 1.54) is 5.56 Å². The van der Waals surface area contributed by atoms with Crippen molar-refractivity contribution in [3.05, 3.63) is 35.4 Å². The van der Waals surface area contributed by atoms with Crippen LogP contribution >= 0.6 is 0 Å². The highest BCUT2D eigenvalue weighted by molar-refractivity contribution is 5.37. The zero-order chi connectivity index (χ0) is 10.1.